The maximum atomic E-state index is 12.2. The van der Waals surface area contributed by atoms with Gasteiger partial charge in [0.05, 0.1) is 27.5 Å². The Bertz CT molecular complexity index is 1100. The summed E-state index contributed by atoms with van der Waals surface area (Å²) in [4.78, 5) is 28.4. The Labute approximate surface area is 196 Å². The van der Waals surface area contributed by atoms with Gasteiger partial charge in [0.25, 0.3) is 5.91 Å². The van der Waals surface area contributed by atoms with Crippen molar-refractivity contribution in [2.75, 3.05) is 5.32 Å². The Morgan fingerprint density at radius 2 is 1.50 bits per heavy atom. The SMILES string of the molecule is O=C(NC(=O)c1c(Cl)cccc1Cl)Nc1cnc(Oc2cc(Cl)cc(Cl)c2)c(Cl)c1. The summed E-state index contributed by atoms with van der Waals surface area (Å²) < 4.78 is 5.56. The number of aromatic nitrogens is 1. The smallest absolute Gasteiger partial charge is 0.326 e. The summed E-state index contributed by atoms with van der Waals surface area (Å²) >= 11 is 29.9. The van der Waals surface area contributed by atoms with Gasteiger partial charge in [-0.25, -0.2) is 9.78 Å². The number of imide groups is 1. The summed E-state index contributed by atoms with van der Waals surface area (Å²) in [6, 6.07) is 9.73. The second kappa shape index (κ2) is 9.73. The van der Waals surface area contributed by atoms with Crippen LogP contribution in [0.5, 0.6) is 11.6 Å². The van der Waals surface area contributed by atoms with Gasteiger partial charge in [-0.3, -0.25) is 10.1 Å². The molecule has 0 atom stereocenters. The van der Waals surface area contributed by atoms with E-state index in [1.54, 1.807) is 12.1 Å². The second-order valence-corrected chi connectivity index (χ2v) is 7.82. The van der Waals surface area contributed by atoms with Crippen LogP contribution in [0, 0.1) is 0 Å². The average Bonchev–Trinajstić information content (AvgIpc) is 2.63. The maximum Gasteiger partial charge on any atom is 0.326 e. The number of urea groups is 1. The Kier molecular flexibility index (Phi) is 7.28. The minimum Gasteiger partial charge on any atom is -0.437 e. The van der Waals surface area contributed by atoms with Gasteiger partial charge < -0.3 is 10.1 Å². The zero-order chi connectivity index (χ0) is 21.8. The normalized spacial score (nSPS) is 10.4. The third kappa shape index (κ3) is 5.68. The molecule has 3 aromatic rings. The first-order valence-corrected chi connectivity index (χ1v) is 9.98. The highest BCUT2D eigenvalue weighted by Crippen LogP contribution is 2.32. The molecular formula is C19H10Cl5N3O3. The van der Waals surface area contributed by atoms with E-state index in [2.05, 4.69) is 15.6 Å². The average molecular weight is 506 g/mol. The molecule has 0 saturated heterocycles. The largest absolute Gasteiger partial charge is 0.437 e. The van der Waals surface area contributed by atoms with Gasteiger partial charge >= 0.3 is 6.03 Å². The summed E-state index contributed by atoms with van der Waals surface area (Å²) in [7, 11) is 0. The van der Waals surface area contributed by atoms with E-state index in [0.717, 1.165) is 0 Å². The Morgan fingerprint density at radius 1 is 0.867 bits per heavy atom. The molecule has 30 heavy (non-hydrogen) atoms. The van der Waals surface area contributed by atoms with Crippen LogP contribution in [-0.2, 0) is 0 Å². The molecule has 0 fully saturated rings. The number of pyridine rings is 1. The molecule has 0 bridgehead atoms. The van der Waals surface area contributed by atoms with Crippen molar-refractivity contribution in [1.82, 2.24) is 10.3 Å². The number of hydrogen-bond donors (Lipinski definition) is 2. The molecule has 6 nitrogen and oxygen atoms in total. The van der Waals surface area contributed by atoms with E-state index >= 15 is 0 Å². The Hall–Kier alpha value is -2.22. The summed E-state index contributed by atoms with van der Waals surface area (Å²) in [6.45, 7) is 0. The minimum absolute atomic E-state index is 0.0175. The third-order valence-electron chi connectivity index (χ3n) is 3.53. The van der Waals surface area contributed by atoms with Crippen molar-refractivity contribution in [3.05, 3.63) is 79.3 Å². The van der Waals surface area contributed by atoms with Gasteiger partial charge in [0.2, 0.25) is 5.88 Å². The van der Waals surface area contributed by atoms with Crippen LogP contribution in [-0.4, -0.2) is 16.9 Å². The molecule has 2 N–H and O–H groups in total. The molecule has 0 aliphatic heterocycles. The molecule has 154 valence electrons. The molecule has 0 saturated carbocycles. The van der Waals surface area contributed by atoms with Gasteiger partial charge in [-0.05, 0) is 36.4 Å². The van der Waals surface area contributed by atoms with Crippen molar-refractivity contribution >= 4 is 75.6 Å². The van der Waals surface area contributed by atoms with Crippen molar-refractivity contribution in [2.45, 2.75) is 0 Å². The minimum atomic E-state index is -0.829. The molecule has 1 heterocycles. The van der Waals surface area contributed by atoms with Gasteiger partial charge in [0.15, 0.2) is 0 Å². The van der Waals surface area contributed by atoms with Gasteiger partial charge in [-0.15, -0.1) is 0 Å². The lowest BCUT2D eigenvalue weighted by Crippen LogP contribution is -2.34. The number of hydrogen-bond acceptors (Lipinski definition) is 4. The lowest BCUT2D eigenvalue weighted by atomic mass is 10.2. The molecule has 0 radical (unpaired) electrons. The van der Waals surface area contributed by atoms with Crippen LogP contribution in [0.25, 0.3) is 0 Å². The van der Waals surface area contributed by atoms with E-state index in [1.807, 2.05) is 0 Å². The topological polar surface area (TPSA) is 80.3 Å². The van der Waals surface area contributed by atoms with Crippen molar-refractivity contribution in [2.24, 2.45) is 0 Å². The van der Waals surface area contributed by atoms with Gasteiger partial charge in [0, 0.05) is 10.0 Å². The van der Waals surface area contributed by atoms with E-state index in [-0.39, 0.29) is 32.2 Å². The molecule has 11 heteroatoms. The summed E-state index contributed by atoms with van der Waals surface area (Å²) in [5, 5.41) is 5.64. The van der Waals surface area contributed by atoms with Gasteiger partial charge in [0.1, 0.15) is 10.8 Å². The molecule has 0 unspecified atom stereocenters. The molecule has 3 rings (SSSR count). The quantitative estimate of drug-likeness (QED) is 0.396. The Morgan fingerprint density at radius 3 is 2.10 bits per heavy atom. The predicted molar refractivity (Wildman–Crippen MR) is 119 cm³/mol. The Balaban J connectivity index is 1.68. The van der Waals surface area contributed by atoms with Crippen LogP contribution in [0.2, 0.25) is 25.1 Å². The number of nitrogens with zero attached hydrogens (tertiary/aromatic N) is 1. The molecule has 1 aromatic heterocycles. The van der Waals surface area contributed by atoms with Crippen molar-refractivity contribution in [3.63, 3.8) is 0 Å². The first kappa shape index (κ1) is 22.5. The van der Waals surface area contributed by atoms with Crippen LogP contribution in [0.4, 0.5) is 10.5 Å². The van der Waals surface area contributed by atoms with E-state index < -0.39 is 11.9 Å². The number of benzene rings is 2. The number of ether oxygens (including phenoxy) is 1. The molecule has 0 aliphatic carbocycles. The van der Waals surface area contributed by atoms with Crippen LogP contribution in [0.3, 0.4) is 0 Å². The molecule has 0 aliphatic rings. The van der Waals surface area contributed by atoms with Crippen LogP contribution in [0.1, 0.15) is 10.4 Å². The van der Waals surface area contributed by atoms with Crippen molar-refractivity contribution < 1.29 is 14.3 Å². The van der Waals surface area contributed by atoms with E-state index in [4.69, 9.17) is 62.7 Å². The summed E-state index contributed by atoms with van der Waals surface area (Å²) in [5.74, 6) is -0.359. The van der Waals surface area contributed by atoms with E-state index in [1.165, 1.54) is 36.5 Å². The van der Waals surface area contributed by atoms with Crippen molar-refractivity contribution in [3.8, 4) is 11.6 Å². The zero-order valence-corrected chi connectivity index (χ0v) is 18.5. The van der Waals surface area contributed by atoms with Crippen LogP contribution < -0.4 is 15.4 Å². The number of carbonyl (C=O) groups excluding carboxylic acids is 2. The standard InChI is InChI=1S/C19H10Cl5N3O3/c20-9-4-10(21)6-12(5-9)30-18-15(24)7-11(8-25-18)26-19(29)27-17(28)16-13(22)2-1-3-14(16)23/h1-8H,(H2,26,27,28,29). The predicted octanol–water partition coefficient (Wildman–Crippen LogP) is 7.10. The lowest BCUT2D eigenvalue weighted by Gasteiger charge is -2.11. The highest BCUT2D eigenvalue weighted by molar-refractivity contribution is 6.40. The molecule has 3 amide bonds. The second-order valence-electron chi connectivity index (χ2n) is 5.72. The highest BCUT2D eigenvalue weighted by atomic mass is 35.5. The number of nitrogens with one attached hydrogen (secondary N) is 2. The first-order chi connectivity index (χ1) is 14.2. The van der Waals surface area contributed by atoms with Crippen LogP contribution in [0.15, 0.2) is 48.7 Å². The van der Waals surface area contributed by atoms with E-state index in [9.17, 15) is 9.59 Å². The van der Waals surface area contributed by atoms with Gasteiger partial charge in [-0.2, -0.15) is 0 Å². The maximum absolute atomic E-state index is 12.2. The fourth-order valence-electron chi connectivity index (χ4n) is 2.31. The zero-order valence-electron chi connectivity index (χ0n) is 14.7. The third-order valence-corrected chi connectivity index (χ3v) is 4.87. The first-order valence-electron chi connectivity index (χ1n) is 8.09. The molecule has 2 aromatic carbocycles. The molecule has 0 spiro atoms. The number of rotatable bonds is 4. The fraction of sp³-hybridized carbons (Fsp3) is 0. The highest BCUT2D eigenvalue weighted by Gasteiger charge is 2.17. The molecular weight excluding hydrogens is 495 g/mol. The number of halogens is 5. The van der Waals surface area contributed by atoms with Crippen LogP contribution >= 0.6 is 58.0 Å². The lowest BCUT2D eigenvalue weighted by molar-refractivity contribution is 0.0967. The number of carbonyl (C=O) groups is 2. The summed E-state index contributed by atoms with van der Waals surface area (Å²) in [5.41, 5.74) is 0.197. The van der Waals surface area contributed by atoms with Gasteiger partial charge in [-0.1, -0.05) is 64.1 Å². The number of amides is 3. The summed E-state index contributed by atoms with van der Waals surface area (Å²) in [6.07, 6.45) is 1.29. The fourth-order valence-corrected chi connectivity index (χ4v) is 3.59. The van der Waals surface area contributed by atoms with E-state index in [0.29, 0.717) is 15.8 Å². The number of anilines is 1. The van der Waals surface area contributed by atoms with Crippen molar-refractivity contribution in [1.29, 1.82) is 0 Å². The monoisotopic (exact) mass is 503 g/mol.